The first-order chi connectivity index (χ1) is 13.8. The topological polar surface area (TPSA) is 61.8 Å². The standard InChI is InChI=1S/C21H23Cl2N3O2S/c1-15-6-8-16(9-7-15)29(27,28)25-24-20(19-17(22)4-2-5-18(19)23)26-13-3-10-21(14-26)11-12-21/h2,4-9,25H,3,10-14H2,1H3/b24-20-. The molecule has 1 saturated heterocycles. The van der Waals surface area contributed by atoms with Crippen molar-refractivity contribution in [2.75, 3.05) is 13.1 Å². The fourth-order valence-electron chi connectivity index (χ4n) is 3.84. The summed E-state index contributed by atoms with van der Waals surface area (Å²) in [6.07, 6.45) is 4.62. The maximum atomic E-state index is 12.8. The van der Waals surface area contributed by atoms with Crippen LogP contribution in [0.15, 0.2) is 52.5 Å². The lowest BCUT2D eigenvalue weighted by molar-refractivity contribution is 0.240. The molecule has 2 fully saturated rings. The first-order valence-corrected chi connectivity index (χ1v) is 11.9. The molecule has 0 bridgehead atoms. The number of halogens is 2. The summed E-state index contributed by atoms with van der Waals surface area (Å²) in [4.78, 5) is 4.67. The molecule has 1 N–H and O–H groups in total. The molecule has 0 radical (unpaired) electrons. The fraction of sp³-hybridized carbons (Fsp3) is 0.381. The van der Waals surface area contributed by atoms with Crippen LogP contribution in [0, 0.1) is 12.3 Å². The Morgan fingerprint density at radius 2 is 1.72 bits per heavy atom. The lowest BCUT2D eigenvalue weighted by Crippen LogP contribution is -2.42. The van der Waals surface area contributed by atoms with Crippen LogP contribution < -0.4 is 4.83 Å². The normalized spacial score (nSPS) is 18.7. The summed E-state index contributed by atoms with van der Waals surface area (Å²) in [6.45, 7) is 3.53. The van der Waals surface area contributed by atoms with Crippen molar-refractivity contribution >= 4 is 39.1 Å². The van der Waals surface area contributed by atoms with Gasteiger partial charge < -0.3 is 4.90 Å². The molecule has 2 aromatic rings. The number of nitrogens with zero attached hydrogens (tertiary/aromatic N) is 2. The SMILES string of the molecule is Cc1ccc(S(=O)(=O)N/N=C(/c2c(Cl)cccc2Cl)N2CCCC3(CC3)C2)cc1. The van der Waals surface area contributed by atoms with Gasteiger partial charge in [0.1, 0.15) is 0 Å². The van der Waals surface area contributed by atoms with E-state index in [9.17, 15) is 8.42 Å². The number of benzene rings is 2. The summed E-state index contributed by atoms with van der Waals surface area (Å²) in [5, 5.41) is 5.23. The molecule has 5 nitrogen and oxygen atoms in total. The molecule has 1 aliphatic carbocycles. The highest BCUT2D eigenvalue weighted by Crippen LogP contribution is 2.52. The van der Waals surface area contributed by atoms with Crippen molar-refractivity contribution in [3.05, 3.63) is 63.6 Å². The van der Waals surface area contributed by atoms with E-state index in [1.807, 2.05) is 6.92 Å². The van der Waals surface area contributed by atoms with Crippen LogP contribution in [0.5, 0.6) is 0 Å². The number of piperidine rings is 1. The molecule has 0 aromatic heterocycles. The Balaban J connectivity index is 1.71. The van der Waals surface area contributed by atoms with Gasteiger partial charge in [-0.1, -0.05) is 47.0 Å². The zero-order valence-corrected chi connectivity index (χ0v) is 18.5. The number of likely N-dealkylation sites (tertiary alicyclic amines) is 1. The molecular weight excluding hydrogens is 429 g/mol. The van der Waals surface area contributed by atoms with Crippen LogP contribution in [-0.2, 0) is 10.0 Å². The van der Waals surface area contributed by atoms with Crippen LogP contribution in [0.3, 0.4) is 0 Å². The lowest BCUT2D eigenvalue weighted by atomic mass is 9.94. The molecule has 1 spiro atoms. The maximum Gasteiger partial charge on any atom is 0.276 e. The van der Waals surface area contributed by atoms with Gasteiger partial charge in [-0.15, -0.1) is 5.10 Å². The summed E-state index contributed by atoms with van der Waals surface area (Å²) in [7, 11) is -3.81. The zero-order chi connectivity index (χ0) is 20.6. The molecule has 154 valence electrons. The minimum atomic E-state index is -3.81. The summed E-state index contributed by atoms with van der Waals surface area (Å²) < 4.78 is 25.5. The molecule has 1 aliphatic heterocycles. The summed E-state index contributed by atoms with van der Waals surface area (Å²) in [5.41, 5.74) is 1.86. The van der Waals surface area contributed by atoms with Crippen molar-refractivity contribution in [2.24, 2.45) is 10.5 Å². The van der Waals surface area contributed by atoms with Crippen LogP contribution >= 0.6 is 23.2 Å². The van der Waals surface area contributed by atoms with Gasteiger partial charge >= 0.3 is 0 Å². The second kappa shape index (κ2) is 7.82. The average molecular weight is 452 g/mol. The minimum Gasteiger partial charge on any atom is -0.354 e. The number of nitrogens with one attached hydrogen (secondary N) is 1. The van der Waals surface area contributed by atoms with Gasteiger partial charge in [0.25, 0.3) is 10.0 Å². The number of rotatable bonds is 4. The van der Waals surface area contributed by atoms with Crippen molar-refractivity contribution in [3.63, 3.8) is 0 Å². The molecule has 1 saturated carbocycles. The van der Waals surface area contributed by atoms with Gasteiger partial charge in [-0.2, -0.15) is 13.2 Å². The second-order valence-electron chi connectivity index (χ2n) is 7.96. The summed E-state index contributed by atoms with van der Waals surface area (Å²) in [6, 6.07) is 11.9. The lowest BCUT2D eigenvalue weighted by Gasteiger charge is -2.35. The van der Waals surface area contributed by atoms with Gasteiger partial charge in [0.2, 0.25) is 0 Å². The quantitative estimate of drug-likeness (QED) is 0.411. The van der Waals surface area contributed by atoms with E-state index >= 15 is 0 Å². The fourth-order valence-corrected chi connectivity index (χ4v) is 5.22. The maximum absolute atomic E-state index is 12.8. The van der Waals surface area contributed by atoms with Crippen molar-refractivity contribution < 1.29 is 8.42 Å². The number of amidine groups is 1. The van der Waals surface area contributed by atoms with Crippen molar-refractivity contribution in [1.82, 2.24) is 9.73 Å². The Labute approximate surface area is 181 Å². The largest absolute Gasteiger partial charge is 0.354 e. The van der Waals surface area contributed by atoms with Crippen LogP contribution in [-0.4, -0.2) is 32.2 Å². The Morgan fingerprint density at radius 1 is 1.07 bits per heavy atom. The summed E-state index contributed by atoms with van der Waals surface area (Å²) in [5.74, 6) is 0.474. The number of aryl methyl sites for hydroxylation is 1. The molecule has 0 atom stereocenters. The number of hydrogen-bond acceptors (Lipinski definition) is 3. The van der Waals surface area contributed by atoms with E-state index in [2.05, 4.69) is 14.8 Å². The predicted octanol–water partition coefficient (Wildman–Crippen LogP) is 4.82. The molecule has 29 heavy (non-hydrogen) atoms. The van der Waals surface area contributed by atoms with Gasteiger partial charge in [0.05, 0.1) is 20.5 Å². The van der Waals surface area contributed by atoms with E-state index in [-0.39, 0.29) is 4.90 Å². The van der Waals surface area contributed by atoms with Crippen molar-refractivity contribution in [2.45, 2.75) is 37.5 Å². The van der Waals surface area contributed by atoms with Gasteiger partial charge in [-0.05, 0) is 62.3 Å². The first-order valence-electron chi connectivity index (χ1n) is 9.65. The van der Waals surface area contributed by atoms with Gasteiger partial charge in [0.15, 0.2) is 5.84 Å². The van der Waals surface area contributed by atoms with E-state index < -0.39 is 10.0 Å². The van der Waals surface area contributed by atoms with Crippen LogP contribution in [0.4, 0.5) is 0 Å². The van der Waals surface area contributed by atoms with E-state index in [1.54, 1.807) is 42.5 Å². The number of hydrazone groups is 1. The monoisotopic (exact) mass is 451 g/mol. The van der Waals surface area contributed by atoms with Gasteiger partial charge in [0, 0.05) is 13.1 Å². The first kappa shape index (κ1) is 20.5. The van der Waals surface area contributed by atoms with Crippen LogP contribution in [0.2, 0.25) is 10.0 Å². The Hall–Kier alpha value is -1.76. The molecule has 1 heterocycles. The molecular formula is C21H23Cl2N3O2S. The molecule has 4 rings (SSSR count). The van der Waals surface area contributed by atoms with Crippen molar-refractivity contribution in [1.29, 1.82) is 0 Å². The Kier molecular flexibility index (Phi) is 5.53. The molecule has 2 aromatic carbocycles. The minimum absolute atomic E-state index is 0.161. The highest BCUT2D eigenvalue weighted by molar-refractivity contribution is 7.89. The van der Waals surface area contributed by atoms with Gasteiger partial charge in [-0.25, -0.2) is 0 Å². The van der Waals surface area contributed by atoms with E-state index in [0.29, 0.717) is 26.9 Å². The van der Waals surface area contributed by atoms with E-state index in [1.165, 1.54) is 19.3 Å². The Bertz CT molecular complexity index is 1030. The number of hydrogen-bond donors (Lipinski definition) is 1. The predicted molar refractivity (Wildman–Crippen MR) is 117 cm³/mol. The zero-order valence-electron chi connectivity index (χ0n) is 16.2. The summed E-state index contributed by atoms with van der Waals surface area (Å²) >= 11 is 12.9. The Morgan fingerprint density at radius 3 is 2.34 bits per heavy atom. The van der Waals surface area contributed by atoms with Crippen molar-refractivity contribution in [3.8, 4) is 0 Å². The highest BCUT2D eigenvalue weighted by Gasteiger charge is 2.46. The molecule has 0 amide bonds. The second-order valence-corrected chi connectivity index (χ2v) is 10.4. The van der Waals surface area contributed by atoms with Crippen LogP contribution in [0.25, 0.3) is 0 Å². The smallest absolute Gasteiger partial charge is 0.276 e. The highest BCUT2D eigenvalue weighted by atomic mass is 35.5. The van der Waals surface area contributed by atoms with Gasteiger partial charge in [-0.3, -0.25) is 0 Å². The third-order valence-electron chi connectivity index (χ3n) is 5.71. The molecule has 8 heteroatoms. The van der Waals surface area contributed by atoms with E-state index in [4.69, 9.17) is 23.2 Å². The third kappa shape index (κ3) is 4.39. The van der Waals surface area contributed by atoms with Crippen LogP contribution in [0.1, 0.15) is 36.8 Å². The average Bonchev–Trinajstić information content (AvgIpc) is 3.42. The third-order valence-corrected chi connectivity index (χ3v) is 7.56. The van der Waals surface area contributed by atoms with E-state index in [0.717, 1.165) is 25.1 Å². The molecule has 2 aliphatic rings. The molecule has 0 unspecified atom stereocenters. The number of sulfonamides is 1.